The van der Waals surface area contributed by atoms with E-state index in [1.807, 2.05) is 39.0 Å². The van der Waals surface area contributed by atoms with Gasteiger partial charge in [-0.25, -0.2) is 0 Å². The zero-order valence-corrected chi connectivity index (χ0v) is 9.08. The first-order chi connectivity index (χ1) is 6.53. The molecule has 1 heterocycles. The molecule has 14 heavy (non-hydrogen) atoms. The van der Waals surface area contributed by atoms with Gasteiger partial charge in [-0.15, -0.1) is 0 Å². The van der Waals surface area contributed by atoms with Gasteiger partial charge in [0.15, 0.2) is 0 Å². The summed E-state index contributed by atoms with van der Waals surface area (Å²) in [7, 11) is 0. The summed E-state index contributed by atoms with van der Waals surface area (Å²) < 4.78 is 5.63. The van der Waals surface area contributed by atoms with Crippen LogP contribution in [0.2, 0.25) is 0 Å². The first kappa shape index (κ1) is 11.1. The average molecular weight is 194 g/mol. The minimum absolute atomic E-state index is 0.272. The van der Waals surface area contributed by atoms with Crippen molar-refractivity contribution in [3.8, 4) is 0 Å². The fourth-order valence-corrected chi connectivity index (χ4v) is 1.01. The molecule has 0 atom stereocenters. The second-order valence-corrected chi connectivity index (χ2v) is 4.02. The summed E-state index contributed by atoms with van der Waals surface area (Å²) in [5.41, 5.74) is 7.24. The Bertz CT molecular complexity index is 297. The summed E-state index contributed by atoms with van der Waals surface area (Å²) in [6.07, 6.45) is 0. The van der Waals surface area contributed by atoms with Gasteiger partial charge in [-0.05, 0) is 32.9 Å². The highest BCUT2D eigenvalue weighted by Gasteiger charge is 2.15. The molecule has 3 heteroatoms. The Hall–Kier alpha value is -0.930. The van der Waals surface area contributed by atoms with Gasteiger partial charge in [0.25, 0.3) is 0 Å². The summed E-state index contributed by atoms with van der Waals surface area (Å²) in [6, 6.07) is 5.91. The van der Waals surface area contributed by atoms with Crippen LogP contribution >= 0.6 is 0 Å². The minimum atomic E-state index is -0.272. The third-order valence-corrected chi connectivity index (χ3v) is 2.05. The molecular weight excluding hydrogens is 176 g/mol. The number of nitrogens with two attached hydrogens (primary N) is 1. The highest BCUT2D eigenvalue weighted by Crippen LogP contribution is 2.10. The van der Waals surface area contributed by atoms with Gasteiger partial charge in [0.05, 0.1) is 17.9 Å². The van der Waals surface area contributed by atoms with Crippen molar-refractivity contribution in [2.24, 2.45) is 5.73 Å². The maximum absolute atomic E-state index is 5.63. The van der Waals surface area contributed by atoms with Crippen LogP contribution in [0.3, 0.4) is 0 Å². The number of hydrogen-bond donors (Lipinski definition) is 1. The van der Waals surface area contributed by atoms with Gasteiger partial charge in [-0.2, -0.15) is 0 Å². The molecule has 0 aliphatic carbocycles. The van der Waals surface area contributed by atoms with Crippen molar-refractivity contribution in [1.82, 2.24) is 4.98 Å². The van der Waals surface area contributed by atoms with E-state index >= 15 is 0 Å². The summed E-state index contributed by atoms with van der Waals surface area (Å²) in [4.78, 5) is 4.34. The Labute approximate surface area is 85.3 Å². The fraction of sp³-hybridized carbons (Fsp3) is 0.545. The van der Waals surface area contributed by atoms with Crippen molar-refractivity contribution in [2.45, 2.75) is 33.0 Å². The minimum Gasteiger partial charge on any atom is -0.368 e. The number of nitrogens with zero attached hydrogens (tertiary/aromatic N) is 1. The monoisotopic (exact) mass is 194 g/mol. The van der Waals surface area contributed by atoms with Gasteiger partial charge >= 0.3 is 0 Å². The van der Waals surface area contributed by atoms with E-state index in [1.165, 1.54) is 0 Å². The summed E-state index contributed by atoms with van der Waals surface area (Å²) in [5, 5.41) is 0. The number of pyridine rings is 1. The Morgan fingerprint density at radius 2 is 2.14 bits per heavy atom. The van der Waals surface area contributed by atoms with Crippen LogP contribution in [0.15, 0.2) is 18.2 Å². The number of aromatic nitrogens is 1. The van der Waals surface area contributed by atoms with E-state index in [1.54, 1.807) is 0 Å². The lowest BCUT2D eigenvalue weighted by Gasteiger charge is -2.22. The van der Waals surface area contributed by atoms with Crippen LogP contribution in [-0.2, 0) is 11.3 Å². The van der Waals surface area contributed by atoms with Crippen LogP contribution in [0.4, 0.5) is 0 Å². The predicted octanol–water partition coefficient (Wildman–Crippen LogP) is 1.64. The lowest BCUT2D eigenvalue weighted by atomic mass is 10.1. The van der Waals surface area contributed by atoms with E-state index in [0.717, 1.165) is 11.4 Å². The van der Waals surface area contributed by atoms with Gasteiger partial charge < -0.3 is 10.5 Å². The zero-order chi connectivity index (χ0) is 10.6. The molecule has 78 valence electrons. The molecule has 0 radical (unpaired) electrons. The van der Waals surface area contributed by atoms with Gasteiger partial charge in [0.2, 0.25) is 0 Å². The van der Waals surface area contributed by atoms with Crippen LogP contribution < -0.4 is 5.73 Å². The standard InChI is InChI=1S/C11H18N2O/c1-9-5-4-6-10(13-9)7-14-11(2,3)8-12/h4-6H,7-8,12H2,1-3H3. The molecule has 2 N–H and O–H groups in total. The smallest absolute Gasteiger partial charge is 0.0895 e. The first-order valence-electron chi connectivity index (χ1n) is 4.80. The Balaban J connectivity index is 2.54. The van der Waals surface area contributed by atoms with Crippen molar-refractivity contribution < 1.29 is 4.74 Å². The highest BCUT2D eigenvalue weighted by atomic mass is 16.5. The molecular formula is C11H18N2O. The van der Waals surface area contributed by atoms with Gasteiger partial charge in [-0.3, -0.25) is 4.98 Å². The van der Waals surface area contributed by atoms with E-state index in [-0.39, 0.29) is 5.60 Å². The van der Waals surface area contributed by atoms with E-state index in [9.17, 15) is 0 Å². The molecule has 0 unspecified atom stereocenters. The normalized spacial score (nSPS) is 11.7. The van der Waals surface area contributed by atoms with Crippen LogP contribution in [-0.4, -0.2) is 17.1 Å². The topological polar surface area (TPSA) is 48.1 Å². The van der Waals surface area contributed by atoms with Crippen molar-refractivity contribution in [2.75, 3.05) is 6.54 Å². The molecule has 0 saturated heterocycles. The number of aryl methyl sites for hydroxylation is 1. The van der Waals surface area contributed by atoms with Gasteiger partial charge in [-0.1, -0.05) is 6.07 Å². The molecule has 0 amide bonds. The van der Waals surface area contributed by atoms with Crippen molar-refractivity contribution in [3.05, 3.63) is 29.6 Å². The third kappa shape index (κ3) is 3.44. The quantitative estimate of drug-likeness (QED) is 0.792. The Kier molecular flexibility index (Phi) is 3.61. The summed E-state index contributed by atoms with van der Waals surface area (Å²) >= 11 is 0. The maximum atomic E-state index is 5.63. The van der Waals surface area contributed by atoms with Crippen molar-refractivity contribution >= 4 is 0 Å². The van der Waals surface area contributed by atoms with Crippen LogP contribution in [0, 0.1) is 6.92 Å². The van der Waals surface area contributed by atoms with Crippen molar-refractivity contribution in [1.29, 1.82) is 0 Å². The molecule has 1 aromatic rings. The van der Waals surface area contributed by atoms with E-state index in [0.29, 0.717) is 13.2 Å². The van der Waals surface area contributed by atoms with Crippen molar-refractivity contribution in [3.63, 3.8) is 0 Å². The summed E-state index contributed by atoms with van der Waals surface area (Å²) in [6.45, 7) is 6.95. The van der Waals surface area contributed by atoms with Crippen LogP contribution in [0.25, 0.3) is 0 Å². The van der Waals surface area contributed by atoms with E-state index < -0.39 is 0 Å². The summed E-state index contributed by atoms with van der Waals surface area (Å²) in [5.74, 6) is 0. The molecule has 0 fully saturated rings. The highest BCUT2D eigenvalue weighted by molar-refractivity contribution is 5.09. The largest absolute Gasteiger partial charge is 0.368 e. The molecule has 3 nitrogen and oxygen atoms in total. The molecule has 0 aliphatic heterocycles. The first-order valence-corrected chi connectivity index (χ1v) is 4.80. The second kappa shape index (κ2) is 4.53. The zero-order valence-electron chi connectivity index (χ0n) is 9.08. The van der Waals surface area contributed by atoms with E-state index in [2.05, 4.69) is 4.98 Å². The van der Waals surface area contributed by atoms with Gasteiger partial charge in [0.1, 0.15) is 0 Å². The maximum Gasteiger partial charge on any atom is 0.0895 e. The molecule has 0 bridgehead atoms. The lowest BCUT2D eigenvalue weighted by molar-refractivity contribution is -0.0236. The average Bonchev–Trinajstić information content (AvgIpc) is 2.15. The third-order valence-electron chi connectivity index (χ3n) is 2.05. The molecule has 1 rings (SSSR count). The predicted molar refractivity (Wildman–Crippen MR) is 56.9 cm³/mol. The second-order valence-electron chi connectivity index (χ2n) is 4.02. The SMILES string of the molecule is Cc1cccc(COC(C)(C)CN)n1. The molecule has 0 saturated carbocycles. The Morgan fingerprint density at radius 3 is 2.71 bits per heavy atom. The molecule has 1 aromatic heterocycles. The van der Waals surface area contributed by atoms with Gasteiger partial charge in [0, 0.05) is 12.2 Å². The molecule has 0 spiro atoms. The number of ether oxygens (including phenoxy) is 1. The Morgan fingerprint density at radius 1 is 1.43 bits per heavy atom. The number of hydrogen-bond acceptors (Lipinski definition) is 3. The molecule has 0 aliphatic rings. The van der Waals surface area contributed by atoms with Crippen LogP contribution in [0.5, 0.6) is 0 Å². The molecule has 0 aromatic carbocycles. The van der Waals surface area contributed by atoms with E-state index in [4.69, 9.17) is 10.5 Å². The van der Waals surface area contributed by atoms with Crippen LogP contribution in [0.1, 0.15) is 25.2 Å². The lowest BCUT2D eigenvalue weighted by Crippen LogP contribution is -2.33. The number of rotatable bonds is 4. The fourth-order valence-electron chi connectivity index (χ4n) is 1.01.